The van der Waals surface area contributed by atoms with Gasteiger partial charge in [0.25, 0.3) is 11.8 Å². The summed E-state index contributed by atoms with van der Waals surface area (Å²) in [7, 11) is 0. The lowest BCUT2D eigenvalue weighted by Gasteiger charge is -2.19. The Morgan fingerprint density at radius 1 is 0.760 bits per heavy atom. The summed E-state index contributed by atoms with van der Waals surface area (Å²) < 4.78 is 0. The number of carbonyl (C=O) groups excluding carboxylic acids is 2. The number of nitrogens with zero attached hydrogens (tertiary/aromatic N) is 1. The van der Waals surface area contributed by atoms with Gasteiger partial charge in [0.15, 0.2) is 0 Å². The molecule has 3 rings (SSSR count). The summed E-state index contributed by atoms with van der Waals surface area (Å²) in [5.41, 5.74) is 3.62. The number of carbonyl (C=O) groups is 2. The molecule has 0 fully saturated rings. The first kappa shape index (κ1) is 17.2. The zero-order valence-electron chi connectivity index (χ0n) is 14.7. The molecule has 3 nitrogen and oxygen atoms in total. The number of rotatable bonds is 6. The van der Waals surface area contributed by atoms with Crippen LogP contribution >= 0.6 is 0 Å². The van der Waals surface area contributed by atoms with Crippen LogP contribution in [0.1, 0.15) is 48.8 Å². The molecule has 25 heavy (non-hydrogen) atoms. The van der Waals surface area contributed by atoms with Gasteiger partial charge in [-0.05, 0) is 34.9 Å². The third-order valence-electron chi connectivity index (χ3n) is 4.87. The van der Waals surface area contributed by atoms with Gasteiger partial charge in [0.05, 0.1) is 6.54 Å². The number of hydrogen-bond acceptors (Lipinski definition) is 2. The first-order valence-corrected chi connectivity index (χ1v) is 8.72. The summed E-state index contributed by atoms with van der Waals surface area (Å²) in [6.45, 7) is 4.84. The van der Waals surface area contributed by atoms with Crippen LogP contribution in [0.3, 0.4) is 0 Å². The van der Waals surface area contributed by atoms with Crippen molar-refractivity contribution in [3.05, 3.63) is 83.4 Å². The molecule has 2 amide bonds. The van der Waals surface area contributed by atoms with E-state index in [1.165, 1.54) is 28.2 Å². The van der Waals surface area contributed by atoms with Crippen LogP contribution in [0.25, 0.3) is 0 Å². The van der Waals surface area contributed by atoms with Crippen molar-refractivity contribution in [3.63, 3.8) is 0 Å². The van der Waals surface area contributed by atoms with E-state index in [1.807, 2.05) is 18.2 Å². The highest BCUT2D eigenvalue weighted by molar-refractivity contribution is 6.12. The number of benzene rings is 2. The molecule has 2 atom stereocenters. The second-order valence-electron chi connectivity index (χ2n) is 6.79. The van der Waals surface area contributed by atoms with Crippen LogP contribution in [0.4, 0.5) is 0 Å². The highest BCUT2D eigenvalue weighted by atomic mass is 16.2. The fourth-order valence-electron chi connectivity index (χ4n) is 3.31. The summed E-state index contributed by atoms with van der Waals surface area (Å²) >= 11 is 0. The molecular weight excluding hydrogens is 310 g/mol. The maximum absolute atomic E-state index is 11.6. The first-order chi connectivity index (χ1) is 12.0. The van der Waals surface area contributed by atoms with Gasteiger partial charge in [0, 0.05) is 12.2 Å². The minimum absolute atomic E-state index is 0.237. The molecule has 1 aliphatic heterocycles. The molecule has 0 saturated carbocycles. The van der Waals surface area contributed by atoms with Crippen LogP contribution in [0.5, 0.6) is 0 Å². The lowest BCUT2D eigenvalue weighted by atomic mass is 9.87. The Kier molecular flexibility index (Phi) is 5.13. The maximum atomic E-state index is 11.6. The van der Waals surface area contributed by atoms with Crippen molar-refractivity contribution in [2.24, 2.45) is 0 Å². The molecule has 2 unspecified atom stereocenters. The molecule has 0 aromatic heterocycles. The van der Waals surface area contributed by atoms with Crippen LogP contribution in [0, 0.1) is 0 Å². The Morgan fingerprint density at radius 2 is 1.28 bits per heavy atom. The second-order valence-corrected chi connectivity index (χ2v) is 6.79. The minimum atomic E-state index is -0.237. The van der Waals surface area contributed by atoms with Gasteiger partial charge < -0.3 is 0 Å². The highest BCUT2D eigenvalue weighted by Crippen LogP contribution is 2.29. The molecule has 0 spiro atoms. The van der Waals surface area contributed by atoms with E-state index in [4.69, 9.17) is 0 Å². The SMILES string of the molecule is CC(CC(C)c1ccc(CN2C(=O)C=CC2=O)cc1)c1ccccc1. The van der Waals surface area contributed by atoms with E-state index in [-0.39, 0.29) is 11.8 Å². The van der Waals surface area contributed by atoms with Crippen molar-refractivity contribution in [3.8, 4) is 0 Å². The van der Waals surface area contributed by atoms with Crippen molar-refractivity contribution < 1.29 is 9.59 Å². The van der Waals surface area contributed by atoms with Gasteiger partial charge >= 0.3 is 0 Å². The summed E-state index contributed by atoms with van der Waals surface area (Å²) in [4.78, 5) is 24.5. The summed E-state index contributed by atoms with van der Waals surface area (Å²) in [5, 5.41) is 0. The third-order valence-corrected chi connectivity index (χ3v) is 4.87. The third kappa shape index (κ3) is 4.05. The van der Waals surface area contributed by atoms with E-state index in [0.29, 0.717) is 18.4 Å². The van der Waals surface area contributed by atoms with Crippen molar-refractivity contribution >= 4 is 11.8 Å². The summed E-state index contributed by atoms with van der Waals surface area (Å²) in [6, 6.07) is 18.8. The molecular formula is C22H23NO2. The second kappa shape index (κ2) is 7.47. The van der Waals surface area contributed by atoms with Gasteiger partial charge in [-0.15, -0.1) is 0 Å². The molecule has 1 heterocycles. The molecule has 0 saturated heterocycles. The van der Waals surface area contributed by atoms with Gasteiger partial charge in [-0.25, -0.2) is 0 Å². The Balaban J connectivity index is 1.62. The van der Waals surface area contributed by atoms with E-state index in [1.54, 1.807) is 0 Å². The minimum Gasteiger partial charge on any atom is -0.271 e. The van der Waals surface area contributed by atoms with Crippen LogP contribution in [-0.2, 0) is 16.1 Å². The molecule has 0 aliphatic carbocycles. The van der Waals surface area contributed by atoms with E-state index in [9.17, 15) is 9.59 Å². The molecule has 1 aliphatic rings. The fraction of sp³-hybridized carbons (Fsp3) is 0.273. The monoisotopic (exact) mass is 333 g/mol. The van der Waals surface area contributed by atoms with Crippen molar-refractivity contribution in [1.82, 2.24) is 4.90 Å². The topological polar surface area (TPSA) is 37.4 Å². The Hall–Kier alpha value is -2.68. The molecule has 0 bridgehead atoms. The molecule has 2 aromatic rings. The standard InChI is InChI=1S/C22H23NO2/c1-16(19-6-4-3-5-7-19)14-17(2)20-10-8-18(9-11-20)15-23-21(24)12-13-22(23)25/h3-13,16-17H,14-15H2,1-2H3. The van der Waals surface area contributed by atoms with Gasteiger partial charge in [-0.3, -0.25) is 14.5 Å². The maximum Gasteiger partial charge on any atom is 0.253 e. The van der Waals surface area contributed by atoms with Crippen LogP contribution in [-0.4, -0.2) is 16.7 Å². The van der Waals surface area contributed by atoms with Crippen LogP contribution < -0.4 is 0 Å². The molecule has 0 radical (unpaired) electrons. The predicted molar refractivity (Wildman–Crippen MR) is 99.0 cm³/mol. The van der Waals surface area contributed by atoms with Gasteiger partial charge in [0.1, 0.15) is 0 Å². The van der Waals surface area contributed by atoms with Crippen molar-refractivity contribution in [1.29, 1.82) is 0 Å². The molecule has 0 N–H and O–H groups in total. The zero-order chi connectivity index (χ0) is 17.8. The fourth-order valence-corrected chi connectivity index (χ4v) is 3.31. The number of imide groups is 1. The summed E-state index contributed by atoms with van der Waals surface area (Å²) in [6.07, 6.45) is 3.73. The van der Waals surface area contributed by atoms with E-state index < -0.39 is 0 Å². The van der Waals surface area contributed by atoms with Gasteiger partial charge in [-0.1, -0.05) is 68.4 Å². The number of hydrogen-bond donors (Lipinski definition) is 0. The van der Waals surface area contributed by atoms with Crippen LogP contribution in [0.15, 0.2) is 66.7 Å². The highest BCUT2D eigenvalue weighted by Gasteiger charge is 2.23. The largest absolute Gasteiger partial charge is 0.271 e. The van der Waals surface area contributed by atoms with E-state index in [0.717, 1.165) is 12.0 Å². The van der Waals surface area contributed by atoms with Crippen LogP contribution in [0.2, 0.25) is 0 Å². The van der Waals surface area contributed by atoms with Crippen molar-refractivity contribution in [2.45, 2.75) is 38.6 Å². The van der Waals surface area contributed by atoms with Gasteiger partial charge in [0.2, 0.25) is 0 Å². The lowest BCUT2D eigenvalue weighted by Crippen LogP contribution is -2.29. The Morgan fingerprint density at radius 3 is 1.84 bits per heavy atom. The van der Waals surface area contributed by atoms with E-state index in [2.05, 4.69) is 50.2 Å². The molecule has 2 aromatic carbocycles. The average Bonchev–Trinajstić information content (AvgIpc) is 2.95. The Bertz CT molecular complexity index is 759. The smallest absolute Gasteiger partial charge is 0.253 e. The normalized spacial score (nSPS) is 16.3. The quantitative estimate of drug-likeness (QED) is 0.734. The predicted octanol–water partition coefficient (Wildman–Crippen LogP) is 4.41. The van der Waals surface area contributed by atoms with E-state index >= 15 is 0 Å². The van der Waals surface area contributed by atoms with Crippen molar-refractivity contribution in [2.75, 3.05) is 0 Å². The zero-order valence-corrected chi connectivity index (χ0v) is 14.7. The Labute approximate surface area is 149 Å². The molecule has 128 valence electrons. The lowest BCUT2D eigenvalue weighted by molar-refractivity contribution is -0.137. The average molecular weight is 333 g/mol. The summed E-state index contributed by atoms with van der Waals surface area (Å²) in [5.74, 6) is 0.473. The first-order valence-electron chi connectivity index (χ1n) is 8.72. The van der Waals surface area contributed by atoms with Gasteiger partial charge in [-0.2, -0.15) is 0 Å². The molecule has 3 heteroatoms. The number of amides is 2.